The van der Waals surface area contributed by atoms with Crippen molar-refractivity contribution in [1.82, 2.24) is 10.2 Å². The lowest BCUT2D eigenvalue weighted by Crippen LogP contribution is -2.41. The van der Waals surface area contributed by atoms with E-state index in [0.29, 0.717) is 5.41 Å². The summed E-state index contributed by atoms with van der Waals surface area (Å²) in [5.74, 6) is 0. The minimum absolute atomic E-state index is 0.284. The topological polar surface area (TPSA) is 35.5 Å². The lowest BCUT2D eigenvalue weighted by molar-refractivity contribution is 0.136. The van der Waals surface area contributed by atoms with E-state index in [1.165, 1.54) is 12.8 Å². The normalized spacial score (nSPS) is 17.8. The first-order valence-corrected chi connectivity index (χ1v) is 5.58. The summed E-state index contributed by atoms with van der Waals surface area (Å²) in [4.78, 5) is 2.43. The Kier molecular flexibility index (Phi) is 4.35. The molecule has 0 atom stereocenters. The minimum atomic E-state index is 0.284. The molecule has 0 aromatic rings. The van der Waals surface area contributed by atoms with Gasteiger partial charge in [-0.25, -0.2) is 0 Å². The highest BCUT2D eigenvalue weighted by atomic mass is 16.3. The minimum Gasteiger partial charge on any atom is -0.395 e. The van der Waals surface area contributed by atoms with Gasteiger partial charge in [-0.2, -0.15) is 0 Å². The summed E-state index contributed by atoms with van der Waals surface area (Å²) in [7, 11) is 2.00. The van der Waals surface area contributed by atoms with Crippen molar-refractivity contribution in [2.75, 3.05) is 33.3 Å². The van der Waals surface area contributed by atoms with Gasteiger partial charge in [0.05, 0.1) is 6.61 Å². The molecule has 1 rings (SSSR count). The Bertz CT molecular complexity index is 167. The maximum Gasteiger partial charge on any atom is 0.0558 e. The van der Waals surface area contributed by atoms with Crippen molar-refractivity contribution in [2.24, 2.45) is 5.41 Å². The third kappa shape index (κ3) is 3.95. The number of nitrogens with one attached hydrogen (secondary N) is 1. The highest BCUT2D eigenvalue weighted by Crippen LogP contribution is 2.29. The molecule has 0 saturated heterocycles. The van der Waals surface area contributed by atoms with E-state index >= 15 is 0 Å². The zero-order valence-corrected chi connectivity index (χ0v) is 9.71. The summed E-state index contributed by atoms with van der Waals surface area (Å²) in [5.41, 5.74) is 0.298. The zero-order valence-electron chi connectivity index (χ0n) is 9.71. The van der Waals surface area contributed by atoms with Crippen molar-refractivity contribution < 1.29 is 5.11 Å². The Hall–Kier alpha value is -0.120. The maximum atomic E-state index is 8.98. The molecule has 1 fully saturated rings. The molecule has 14 heavy (non-hydrogen) atoms. The van der Waals surface area contributed by atoms with Gasteiger partial charge in [0, 0.05) is 25.7 Å². The van der Waals surface area contributed by atoms with Gasteiger partial charge >= 0.3 is 0 Å². The molecule has 1 aliphatic carbocycles. The quantitative estimate of drug-likeness (QED) is 0.634. The Labute approximate surface area is 87.5 Å². The fourth-order valence-corrected chi connectivity index (χ4v) is 2.04. The van der Waals surface area contributed by atoms with Crippen LogP contribution >= 0.6 is 0 Å². The van der Waals surface area contributed by atoms with Crippen LogP contribution in [-0.4, -0.2) is 49.3 Å². The first kappa shape index (κ1) is 12.0. The van der Waals surface area contributed by atoms with Gasteiger partial charge in [-0.15, -0.1) is 0 Å². The molecule has 0 spiro atoms. The van der Waals surface area contributed by atoms with E-state index in [4.69, 9.17) is 5.11 Å². The molecule has 3 heteroatoms. The number of hydrogen-bond donors (Lipinski definition) is 2. The van der Waals surface area contributed by atoms with Crippen molar-refractivity contribution in [1.29, 1.82) is 0 Å². The zero-order chi connectivity index (χ0) is 10.6. The molecule has 1 aliphatic rings. The second kappa shape index (κ2) is 5.10. The highest BCUT2D eigenvalue weighted by molar-refractivity contribution is 4.87. The summed E-state index contributed by atoms with van der Waals surface area (Å²) >= 11 is 0. The molecular weight excluding hydrogens is 176 g/mol. The number of aliphatic hydroxyl groups is 1. The van der Waals surface area contributed by atoms with Crippen LogP contribution in [0.2, 0.25) is 0 Å². The second-order valence-corrected chi connectivity index (χ2v) is 5.12. The summed E-state index contributed by atoms with van der Waals surface area (Å²) in [6.45, 7) is 7.77. The molecule has 84 valence electrons. The van der Waals surface area contributed by atoms with Gasteiger partial charge in [0.25, 0.3) is 0 Å². The average molecular weight is 200 g/mol. The van der Waals surface area contributed by atoms with Crippen molar-refractivity contribution >= 4 is 0 Å². The fraction of sp³-hybridized carbons (Fsp3) is 1.00. The van der Waals surface area contributed by atoms with Crippen molar-refractivity contribution in [2.45, 2.75) is 32.7 Å². The van der Waals surface area contributed by atoms with Crippen LogP contribution in [0.15, 0.2) is 0 Å². The standard InChI is InChI=1S/C11H24N2O/c1-11(2,8-12-3)9-13(6-7-14)10-4-5-10/h10,12,14H,4-9H2,1-3H3. The largest absolute Gasteiger partial charge is 0.395 e. The smallest absolute Gasteiger partial charge is 0.0558 e. The number of rotatable bonds is 7. The molecule has 2 N–H and O–H groups in total. The molecule has 0 unspecified atom stereocenters. The molecule has 0 bridgehead atoms. The molecule has 0 heterocycles. The summed E-state index contributed by atoms with van der Waals surface area (Å²) < 4.78 is 0. The number of hydrogen-bond acceptors (Lipinski definition) is 3. The molecule has 1 saturated carbocycles. The second-order valence-electron chi connectivity index (χ2n) is 5.12. The van der Waals surface area contributed by atoms with Gasteiger partial charge in [-0.1, -0.05) is 13.8 Å². The van der Waals surface area contributed by atoms with E-state index in [1.54, 1.807) is 0 Å². The van der Waals surface area contributed by atoms with Crippen LogP contribution in [0.5, 0.6) is 0 Å². The van der Waals surface area contributed by atoms with Gasteiger partial charge in [0.1, 0.15) is 0 Å². The third-order valence-electron chi connectivity index (χ3n) is 2.74. The van der Waals surface area contributed by atoms with Crippen LogP contribution in [0.3, 0.4) is 0 Å². The Morgan fingerprint density at radius 3 is 2.50 bits per heavy atom. The monoisotopic (exact) mass is 200 g/mol. The van der Waals surface area contributed by atoms with E-state index in [-0.39, 0.29) is 6.61 Å². The molecule has 0 radical (unpaired) electrons. The van der Waals surface area contributed by atoms with E-state index in [2.05, 4.69) is 24.1 Å². The lowest BCUT2D eigenvalue weighted by Gasteiger charge is -2.32. The van der Waals surface area contributed by atoms with Gasteiger partial charge < -0.3 is 10.4 Å². The first-order valence-electron chi connectivity index (χ1n) is 5.58. The lowest BCUT2D eigenvalue weighted by atomic mass is 9.92. The van der Waals surface area contributed by atoms with Gasteiger partial charge in [0.2, 0.25) is 0 Å². The summed E-state index contributed by atoms with van der Waals surface area (Å²) in [6, 6.07) is 0.748. The summed E-state index contributed by atoms with van der Waals surface area (Å²) in [5, 5.41) is 12.2. The van der Waals surface area contributed by atoms with Crippen LogP contribution in [0, 0.1) is 5.41 Å². The highest BCUT2D eigenvalue weighted by Gasteiger charge is 2.32. The predicted octanol–water partition coefficient (Wildman–Crippen LogP) is 0.689. The molecule has 0 aromatic carbocycles. The van der Waals surface area contributed by atoms with E-state index in [9.17, 15) is 0 Å². The van der Waals surface area contributed by atoms with E-state index < -0.39 is 0 Å². The van der Waals surface area contributed by atoms with Crippen LogP contribution in [0.1, 0.15) is 26.7 Å². The van der Waals surface area contributed by atoms with Crippen LogP contribution < -0.4 is 5.32 Å². The van der Waals surface area contributed by atoms with Gasteiger partial charge in [-0.3, -0.25) is 4.90 Å². The number of nitrogens with zero attached hydrogens (tertiary/aromatic N) is 1. The summed E-state index contributed by atoms with van der Waals surface area (Å²) in [6.07, 6.45) is 2.63. The van der Waals surface area contributed by atoms with Crippen molar-refractivity contribution in [3.8, 4) is 0 Å². The number of aliphatic hydroxyl groups excluding tert-OH is 1. The van der Waals surface area contributed by atoms with Crippen molar-refractivity contribution in [3.63, 3.8) is 0 Å². The molecule has 0 aromatic heterocycles. The van der Waals surface area contributed by atoms with E-state index in [0.717, 1.165) is 25.7 Å². The average Bonchev–Trinajstić information content (AvgIpc) is 2.84. The van der Waals surface area contributed by atoms with Gasteiger partial charge in [0.15, 0.2) is 0 Å². The van der Waals surface area contributed by atoms with Gasteiger partial charge in [-0.05, 0) is 25.3 Å². The third-order valence-corrected chi connectivity index (χ3v) is 2.74. The predicted molar refractivity (Wildman–Crippen MR) is 59.4 cm³/mol. The maximum absolute atomic E-state index is 8.98. The Morgan fingerprint density at radius 2 is 2.07 bits per heavy atom. The molecule has 0 aliphatic heterocycles. The SMILES string of the molecule is CNCC(C)(C)CN(CCO)C1CC1. The molecular formula is C11H24N2O. The first-order chi connectivity index (χ1) is 6.59. The van der Waals surface area contributed by atoms with Crippen molar-refractivity contribution in [3.05, 3.63) is 0 Å². The molecule has 0 amide bonds. The van der Waals surface area contributed by atoms with Crippen LogP contribution in [-0.2, 0) is 0 Å². The molecule has 3 nitrogen and oxygen atoms in total. The Balaban J connectivity index is 2.36. The fourth-order valence-electron chi connectivity index (χ4n) is 2.04. The van der Waals surface area contributed by atoms with Crippen LogP contribution in [0.4, 0.5) is 0 Å². The Morgan fingerprint density at radius 1 is 1.43 bits per heavy atom. The van der Waals surface area contributed by atoms with E-state index in [1.807, 2.05) is 7.05 Å². The van der Waals surface area contributed by atoms with Crippen LogP contribution in [0.25, 0.3) is 0 Å².